The number of hydrogen-bond donors (Lipinski definition) is 1. The molecule has 7 heteroatoms. The van der Waals surface area contributed by atoms with Crippen LogP contribution in [0.2, 0.25) is 0 Å². The Hall–Kier alpha value is -2.80. The zero-order valence-corrected chi connectivity index (χ0v) is 15.3. The fraction of sp³-hybridized carbons (Fsp3) is 0.211. The molecular formula is C19H18N4O2S. The van der Waals surface area contributed by atoms with E-state index in [1.807, 2.05) is 55.5 Å². The van der Waals surface area contributed by atoms with Crippen molar-refractivity contribution in [1.82, 2.24) is 10.3 Å². The van der Waals surface area contributed by atoms with Gasteiger partial charge in [0.1, 0.15) is 11.4 Å². The molecule has 2 aliphatic rings. The lowest BCUT2D eigenvalue weighted by Gasteiger charge is -2.34. The molecule has 0 fully saturated rings. The fourth-order valence-corrected chi connectivity index (χ4v) is 3.61. The second-order valence-electron chi connectivity index (χ2n) is 5.78. The number of rotatable bonds is 3. The molecular weight excluding hydrogens is 348 g/mol. The molecule has 2 aromatic carbocycles. The summed E-state index contributed by atoms with van der Waals surface area (Å²) in [7, 11) is 1.63. The molecule has 0 unspecified atom stereocenters. The van der Waals surface area contributed by atoms with Gasteiger partial charge in [0.2, 0.25) is 0 Å². The molecule has 132 valence electrons. The van der Waals surface area contributed by atoms with Gasteiger partial charge in [0.15, 0.2) is 11.3 Å². The Kier molecular flexibility index (Phi) is 4.38. The van der Waals surface area contributed by atoms with E-state index < -0.39 is 6.17 Å². The van der Waals surface area contributed by atoms with E-state index in [9.17, 15) is 4.79 Å². The summed E-state index contributed by atoms with van der Waals surface area (Å²) in [6.45, 7) is 2.02. The predicted octanol–water partition coefficient (Wildman–Crippen LogP) is 1.59. The maximum absolute atomic E-state index is 12.8. The fourth-order valence-electron chi connectivity index (χ4n) is 3.02. The third-order valence-corrected chi connectivity index (χ3v) is 4.96. The molecule has 4 rings (SSSR count). The molecule has 0 saturated heterocycles. The number of carbonyl (C=O) groups is 1. The largest absolute Gasteiger partial charge is 0.497 e. The van der Waals surface area contributed by atoms with Gasteiger partial charge in [-0.25, -0.2) is 5.01 Å². The molecule has 1 N–H and O–H groups in total. The number of nitrogens with one attached hydrogen (secondary N) is 1. The number of thioether (sulfide) groups is 1. The van der Waals surface area contributed by atoms with Gasteiger partial charge in [0.25, 0.3) is 5.91 Å². The van der Waals surface area contributed by atoms with Crippen molar-refractivity contribution in [2.24, 2.45) is 10.1 Å². The van der Waals surface area contributed by atoms with E-state index in [0.29, 0.717) is 10.9 Å². The van der Waals surface area contributed by atoms with Gasteiger partial charge in [-0.1, -0.05) is 49.0 Å². The summed E-state index contributed by atoms with van der Waals surface area (Å²) in [6, 6.07) is 15.3. The van der Waals surface area contributed by atoms with Crippen LogP contribution < -0.4 is 20.6 Å². The smallest absolute Gasteiger partial charge is 0.276 e. The number of methoxy groups -OCH3 is 1. The first-order chi connectivity index (χ1) is 12.7. The molecule has 2 aliphatic heterocycles. The lowest BCUT2D eigenvalue weighted by molar-refractivity contribution is -0.116. The van der Waals surface area contributed by atoms with Gasteiger partial charge in [-0.3, -0.25) is 15.1 Å². The molecule has 0 aliphatic carbocycles. The summed E-state index contributed by atoms with van der Waals surface area (Å²) in [6.07, 6.45) is -0.399. The van der Waals surface area contributed by atoms with Crippen LogP contribution >= 0.6 is 11.8 Å². The van der Waals surface area contributed by atoms with Crippen molar-refractivity contribution >= 4 is 28.5 Å². The Bertz CT molecular complexity index is 1000. The molecule has 6 nitrogen and oxygen atoms in total. The Balaban J connectivity index is 1.90. The molecule has 0 spiro atoms. The molecule has 0 radical (unpaired) electrons. The van der Waals surface area contributed by atoms with Gasteiger partial charge in [-0.15, -0.1) is 5.10 Å². The Morgan fingerprint density at radius 3 is 2.69 bits per heavy atom. The second kappa shape index (κ2) is 6.84. The maximum atomic E-state index is 12.8. The monoisotopic (exact) mass is 366 g/mol. The molecule has 1 atom stereocenters. The first-order valence-corrected chi connectivity index (χ1v) is 9.33. The number of amides is 1. The van der Waals surface area contributed by atoms with Crippen molar-refractivity contribution in [2.75, 3.05) is 12.9 Å². The van der Waals surface area contributed by atoms with Crippen LogP contribution in [-0.2, 0) is 4.79 Å². The zero-order valence-electron chi connectivity index (χ0n) is 14.5. The third-order valence-electron chi connectivity index (χ3n) is 4.21. The molecule has 0 aromatic heterocycles. The minimum Gasteiger partial charge on any atom is -0.497 e. The van der Waals surface area contributed by atoms with Crippen molar-refractivity contribution in [1.29, 1.82) is 0 Å². The number of ether oxygens (including phenoxy) is 1. The number of hydrazone groups is 1. The summed E-state index contributed by atoms with van der Waals surface area (Å²) < 4.78 is 5.24. The van der Waals surface area contributed by atoms with Crippen molar-refractivity contribution in [3.8, 4) is 5.75 Å². The standard InChI is InChI=1S/C19H18N4O2S/c1-3-26-19-21-18(24)16-14-6-4-5-7-15(14)20-17(23(16)22-19)12-8-10-13(25-2)11-9-12/h4-11,17H,3H2,1-2H3,(H,21,22,24)/t17-/m0/s1. The lowest BCUT2D eigenvalue weighted by Crippen LogP contribution is -2.50. The highest BCUT2D eigenvalue weighted by Crippen LogP contribution is 2.31. The third kappa shape index (κ3) is 2.84. The average molecular weight is 366 g/mol. The van der Waals surface area contributed by atoms with Crippen LogP contribution in [0.4, 0.5) is 0 Å². The minimum atomic E-state index is -0.399. The summed E-state index contributed by atoms with van der Waals surface area (Å²) in [5.74, 6) is 1.44. The lowest BCUT2D eigenvalue weighted by atomic mass is 10.1. The van der Waals surface area contributed by atoms with Crippen molar-refractivity contribution in [2.45, 2.75) is 13.1 Å². The maximum Gasteiger partial charge on any atom is 0.276 e. The molecule has 2 heterocycles. The first kappa shape index (κ1) is 16.7. The number of hydrogen-bond acceptors (Lipinski definition) is 6. The normalized spacial score (nSPS) is 18.3. The predicted molar refractivity (Wildman–Crippen MR) is 102 cm³/mol. The second-order valence-corrected chi connectivity index (χ2v) is 7.03. The van der Waals surface area contributed by atoms with Crippen LogP contribution in [-0.4, -0.2) is 28.9 Å². The summed E-state index contributed by atoms with van der Waals surface area (Å²) >= 11 is 1.50. The quantitative estimate of drug-likeness (QED) is 0.896. The summed E-state index contributed by atoms with van der Waals surface area (Å²) in [5.41, 5.74) is 1.47. The van der Waals surface area contributed by atoms with E-state index >= 15 is 0 Å². The molecule has 0 bridgehead atoms. The van der Waals surface area contributed by atoms with Crippen LogP contribution in [0, 0.1) is 0 Å². The highest BCUT2D eigenvalue weighted by Gasteiger charge is 2.34. The van der Waals surface area contributed by atoms with Crippen molar-refractivity contribution in [3.63, 3.8) is 0 Å². The van der Waals surface area contributed by atoms with E-state index in [-0.39, 0.29) is 5.91 Å². The van der Waals surface area contributed by atoms with Crippen molar-refractivity contribution < 1.29 is 9.53 Å². The first-order valence-electron chi connectivity index (χ1n) is 8.34. The highest BCUT2D eigenvalue weighted by atomic mass is 32.2. The number of carbonyl (C=O) groups excluding carboxylic acids is 1. The van der Waals surface area contributed by atoms with Crippen LogP contribution in [0.15, 0.2) is 58.6 Å². The van der Waals surface area contributed by atoms with Crippen LogP contribution in [0.25, 0.3) is 5.70 Å². The van der Waals surface area contributed by atoms with Crippen LogP contribution in [0.1, 0.15) is 18.7 Å². The molecule has 0 saturated carbocycles. The van der Waals surface area contributed by atoms with Crippen LogP contribution in [0.5, 0.6) is 5.75 Å². The number of para-hydroxylation sites is 1. The van der Waals surface area contributed by atoms with E-state index in [4.69, 9.17) is 9.73 Å². The van der Waals surface area contributed by atoms with Gasteiger partial charge in [0, 0.05) is 5.22 Å². The molecule has 26 heavy (non-hydrogen) atoms. The highest BCUT2D eigenvalue weighted by molar-refractivity contribution is 8.13. The summed E-state index contributed by atoms with van der Waals surface area (Å²) in [5, 5.41) is 11.4. The number of amidine groups is 1. The summed E-state index contributed by atoms with van der Waals surface area (Å²) in [4.78, 5) is 17.7. The SMILES string of the molecule is CCSC1=NN2C(=c3ccccc3=N[C@@H]2c2ccc(OC)cc2)C(=O)N1. The zero-order chi connectivity index (χ0) is 18.1. The number of fused-ring (bicyclic) bond motifs is 2. The van der Waals surface area contributed by atoms with E-state index in [1.165, 1.54) is 11.8 Å². The minimum absolute atomic E-state index is 0.156. The molecule has 1 amide bonds. The Morgan fingerprint density at radius 1 is 1.19 bits per heavy atom. The Morgan fingerprint density at radius 2 is 1.96 bits per heavy atom. The van der Waals surface area contributed by atoms with Crippen molar-refractivity contribution in [3.05, 3.63) is 64.7 Å². The van der Waals surface area contributed by atoms with Crippen LogP contribution in [0.3, 0.4) is 0 Å². The van der Waals surface area contributed by atoms with E-state index in [0.717, 1.165) is 27.6 Å². The van der Waals surface area contributed by atoms with E-state index in [1.54, 1.807) is 12.1 Å². The Labute approximate surface area is 155 Å². The number of nitrogens with zero attached hydrogens (tertiary/aromatic N) is 3. The number of benzene rings is 2. The van der Waals surface area contributed by atoms with Gasteiger partial charge in [-0.05, 0) is 29.5 Å². The van der Waals surface area contributed by atoms with Gasteiger partial charge < -0.3 is 4.74 Å². The van der Waals surface area contributed by atoms with Gasteiger partial charge in [0.05, 0.1) is 12.5 Å². The topological polar surface area (TPSA) is 66.3 Å². The average Bonchev–Trinajstić information content (AvgIpc) is 2.67. The molecule has 2 aromatic rings. The van der Waals surface area contributed by atoms with E-state index in [2.05, 4.69) is 10.4 Å². The van der Waals surface area contributed by atoms with Gasteiger partial charge in [-0.2, -0.15) is 0 Å². The van der Waals surface area contributed by atoms with Gasteiger partial charge >= 0.3 is 0 Å².